The first-order valence-corrected chi connectivity index (χ1v) is 8.77. The van der Waals surface area contributed by atoms with E-state index in [1.807, 2.05) is 44.2 Å². The maximum absolute atomic E-state index is 12.8. The van der Waals surface area contributed by atoms with Crippen molar-refractivity contribution in [3.8, 4) is 11.4 Å². The fourth-order valence-corrected chi connectivity index (χ4v) is 2.96. The van der Waals surface area contributed by atoms with Crippen molar-refractivity contribution in [3.63, 3.8) is 0 Å². The van der Waals surface area contributed by atoms with Gasteiger partial charge in [0, 0.05) is 31.9 Å². The molecule has 0 bridgehead atoms. The van der Waals surface area contributed by atoms with Crippen LogP contribution in [0.4, 0.5) is 0 Å². The Bertz CT molecular complexity index is 1100. The van der Waals surface area contributed by atoms with Crippen LogP contribution in [0.5, 0.6) is 0 Å². The maximum atomic E-state index is 12.8. The summed E-state index contributed by atoms with van der Waals surface area (Å²) in [6.07, 6.45) is 1.41. The molecule has 27 heavy (non-hydrogen) atoms. The number of hydrogen-bond donors (Lipinski definition) is 0. The number of hydrogen-bond acceptors (Lipinski definition) is 5. The topological polar surface area (TPSA) is 90.1 Å². The quantitative estimate of drug-likeness (QED) is 0.672. The molecule has 0 unspecified atom stereocenters. The average molecular weight is 367 g/mol. The molecule has 0 atom stereocenters. The summed E-state index contributed by atoms with van der Waals surface area (Å²) in [7, 11) is 1.53. The molecule has 0 spiro atoms. The van der Waals surface area contributed by atoms with Crippen LogP contribution < -0.4 is 11.2 Å². The highest BCUT2D eigenvalue weighted by atomic mass is 16.2. The molecule has 8 nitrogen and oxygen atoms in total. The highest BCUT2D eigenvalue weighted by molar-refractivity contribution is 5.78. The molecule has 3 aromatic rings. The Morgan fingerprint density at radius 2 is 1.78 bits per heavy atom. The summed E-state index contributed by atoms with van der Waals surface area (Å²) in [5.41, 5.74) is -0.114. The van der Waals surface area contributed by atoms with Gasteiger partial charge in [0.05, 0.1) is 0 Å². The van der Waals surface area contributed by atoms with E-state index in [4.69, 9.17) is 0 Å². The van der Waals surface area contributed by atoms with Gasteiger partial charge in [-0.2, -0.15) is 0 Å². The van der Waals surface area contributed by atoms with Gasteiger partial charge in [0.1, 0.15) is 11.9 Å². The van der Waals surface area contributed by atoms with Crippen molar-refractivity contribution in [2.24, 2.45) is 7.05 Å². The Kier molecular flexibility index (Phi) is 5.16. The van der Waals surface area contributed by atoms with Crippen LogP contribution in [-0.4, -0.2) is 43.0 Å². The number of benzene rings is 1. The highest BCUT2D eigenvalue weighted by Gasteiger charge is 2.18. The van der Waals surface area contributed by atoms with Crippen molar-refractivity contribution in [3.05, 3.63) is 57.4 Å². The van der Waals surface area contributed by atoms with Gasteiger partial charge in [-0.25, -0.2) is 14.8 Å². The van der Waals surface area contributed by atoms with Gasteiger partial charge in [-0.05, 0) is 13.8 Å². The van der Waals surface area contributed by atoms with E-state index in [1.54, 1.807) is 4.90 Å². The molecular weight excluding hydrogens is 346 g/mol. The first-order chi connectivity index (χ1) is 13.0. The Morgan fingerprint density at radius 1 is 1.11 bits per heavy atom. The predicted molar refractivity (Wildman–Crippen MR) is 102 cm³/mol. The van der Waals surface area contributed by atoms with Gasteiger partial charge in [0.2, 0.25) is 5.91 Å². The molecule has 0 saturated carbocycles. The average Bonchev–Trinajstić information content (AvgIpc) is 2.70. The molecule has 0 N–H and O–H groups in total. The normalized spacial score (nSPS) is 10.9. The van der Waals surface area contributed by atoms with Crippen molar-refractivity contribution in [1.82, 2.24) is 24.0 Å². The van der Waals surface area contributed by atoms with Crippen LogP contribution in [0.25, 0.3) is 22.4 Å². The first-order valence-electron chi connectivity index (χ1n) is 8.77. The lowest BCUT2D eigenvalue weighted by Crippen LogP contribution is -2.44. The van der Waals surface area contributed by atoms with Crippen LogP contribution in [0.3, 0.4) is 0 Å². The maximum Gasteiger partial charge on any atom is 0.332 e. The minimum absolute atomic E-state index is 0.198. The summed E-state index contributed by atoms with van der Waals surface area (Å²) in [6.45, 7) is 4.43. The van der Waals surface area contributed by atoms with Crippen molar-refractivity contribution in [2.75, 3.05) is 13.1 Å². The molecule has 0 saturated heterocycles. The molecule has 140 valence electrons. The van der Waals surface area contributed by atoms with Gasteiger partial charge in [0.15, 0.2) is 11.5 Å². The van der Waals surface area contributed by atoms with Gasteiger partial charge < -0.3 is 4.90 Å². The molecule has 1 amide bonds. The van der Waals surface area contributed by atoms with E-state index in [1.165, 1.54) is 17.8 Å². The minimum Gasteiger partial charge on any atom is -0.342 e. The lowest BCUT2D eigenvalue weighted by Gasteiger charge is -2.19. The summed E-state index contributed by atoms with van der Waals surface area (Å²) in [4.78, 5) is 48.0. The molecule has 2 aromatic heterocycles. The van der Waals surface area contributed by atoms with E-state index in [0.29, 0.717) is 18.9 Å². The van der Waals surface area contributed by atoms with E-state index in [9.17, 15) is 14.4 Å². The predicted octanol–water partition coefficient (Wildman–Crippen LogP) is 1.03. The minimum atomic E-state index is -0.578. The fraction of sp³-hybridized carbons (Fsp3) is 0.316. The van der Waals surface area contributed by atoms with E-state index in [-0.39, 0.29) is 23.5 Å². The van der Waals surface area contributed by atoms with Crippen molar-refractivity contribution >= 4 is 16.9 Å². The van der Waals surface area contributed by atoms with Gasteiger partial charge in [-0.1, -0.05) is 30.3 Å². The second-order valence-electron chi connectivity index (χ2n) is 6.10. The number of aryl methyl sites for hydroxylation is 1. The van der Waals surface area contributed by atoms with Crippen molar-refractivity contribution in [2.45, 2.75) is 20.4 Å². The molecule has 0 fully saturated rings. The molecule has 3 rings (SSSR count). The second kappa shape index (κ2) is 7.53. The zero-order valence-corrected chi connectivity index (χ0v) is 15.5. The van der Waals surface area contributed by atoms with Crippen molar-refractivity contribution < 1.29 is 4.79 Å². The molecule has 0 radical (unpaired) electrons. The number of amides is 1. The lowest BCUT2D eigenvalue weighted by atomic mass is 10.2. The molecule has 0 aliphatic carbocycles. The van der Waals surface area contributed by atoms with E-state index >= 15 is 0 Å². The van der Waals surface area contributed by atoms with Gasteiger partial charge in [-0.3, -0.25) is 18.7 Å². The Hall–Kier alpha value is -3.29. The van der Waals surface area contributed by atoms with Gasteiger partial charge >= 0.3 is 5.69 Å². The standard InChI is InChI=1S/C19H21N5O3/c1-4-23(5-2)15(25)12-24-18(26)14-11-20-16(13-9-7-6-8-10-13)21-17(14)22(3)19(24)27/h6-11H,4-5,12H2,1-3H3. The third-order valence-electron chi connectivity index (χ3n) is 4.52. The summed E-state index contributed by atoms with van der Waals surface area (Å²) < 4.78 is 2.22. The third kappa shape index (κ3) is 3.38. The molecule has 1 aromatic carbocycles. The Balaban J connectivity index is 2.13. The van der Waals surface area contributed by atoms with Crippen LogP contribution >= 0.6 is 0 Å². The lowest BCUT2D eigenvalue weighted by molar-refractivity contribution is -0.131. The highest BCUT2D eigenvalue weighted by Crippen LogP contribution is 2.15. The first kappa shape index (κ1) is 18.5. The fourth-order valence-electron chi connectivity index (χ4n) is 2.96. The number of nitrogens with zero attached hydrogens (tertiary/aromatic N) is 5. The van der Waals surface area contributed by atoms with Crippen LogP contribution in [0.1, 0.15) is 13.8 Å². The summed E-state index contributed by atoms with van der Waals surface area (Å²) in [5, 5.41) is 0.198. The van der Waals surface area contributed by atoms with E-state index < -0.39 is 11.2 Å². The zero-order chi connectivity index (χ0) is 19.6. The number of carbonyl (C=O) groups excluding carboxylic acids is 1. The summed E-state index contributed by atoms with van der Waals surface area (Å²) in [6, 6.07) is 9.30. The molecule has 8 heteroatoms. The third-order valence-corrected chi connectivity index (χ3v) is 4.52. The smallest absolute Gasteiger partial charge is 0.332 e. The van der Waals surface area contributed by atoms with Gasteiger partial charge in [-0.15, -0.1) is 0 Å². The van der Waals surface area contributed by atoms with E-state index in [0.717, 1.165) is 10.1 Å². The SMILES string of the molecule is CCN(CC)C(=O)Cn1c(=O)c2cnc(-c3ccccc3)nc2n(C)c1=O. The summed E-state index contributed by atoms with van der Waals surface area (Å²) >= 11 is 0. The van der Waals surface area contributed by atoms with Crippen LogP contribution in [0, 0.1) is 0 Å². The molecule has 0 aliphatic rings. The monoisotopic (exact) mass is 367 g/mol. The number of fused-ring (bicyclic) bond motifs is 1. The summed E-state index contributed by atoms with van der Waals surface area (Å²) in [5.74, 6) is 0.148. The zero-order valence-electron chi connectivity index (χ0n) is 15.5. The number of carbonyl (C=O) groups is 1. The Labute approximate surface area is 155 Å². The number of likely N-dealkylation sites (N-methyl/N-ethyl adjacent to an activating group) is 1. The van der Waals surface area contributed by atoms with Crippen molar-refractivity contribution in [1.29, 1.82) is 0 Å². The van der Waals surface area contributed by atoms with Gasteiger partial charge in [0.25, 0.3) is 5.56 Å². The van der Waals surface area contributed by atoms with Crippen LogP contribution in [0.2, 0.25) is 0 Å². The molecule has 2 heterocycles. The Morgan fingerprint density at radius 3 is 2.41 bits per heavy atom. The van der Waals surface area contributed by atoms with E-state index in [2.05, 4.69) is 9.97 Å². The van der Waals surface area contributed by atoms with Crippen LogP contribution in [0.15, 0.2) is 46.1 Å². The van der Waals surface area contributed by atoms with Crippen LogP contribution in [-0.2, 0) is 18.4 Å². The number of rotatable bonds is 5. The number of aromatic nitrogens is 4. The second-order valence-corrected chi connectivity index (χ2v) is 6.10. The largest absolute Gasteiger partial charge is 0.342 e. The molecular formula is C19H21N5O3. The molecule has 0 aliphatic heterocycles.